The molecule has 1 aliphatic carbocycles. The van der Waals surface area contributed by atoms with Crippen LogP contribution >= 0.6 is 15.9 Å². The zero-order valence-electron chi connectivity index (χ0n) is 23.5. The Morgan fingerprint density at radius 3 is 2.33 bits per heavy atom. The van der Waals surface area contributed by atoms with Gasteiger partial charge in [0.25, 0.3) is 19.8 Å². The lowest BCUT2D eigenvalue weighted by Crippen LogP contribution is -2.52. The van der Waals surface area contributed by atoms with Crippen LogP contribution in [0.4, 0.5) is 4.39 Å². The third kappa shape index (κ3) is 5.55. The summed E-state index contributed by atoms with van der Waals surface area (Å²) in [5.74, 6) is -2.62. The molecule has 1 heterocycles. The molecule has 214 valence electrons. The van der Waals surface area contributed by atoms with Crippen molar-refractivity contribution in [1.82, 2.24) is 9.55 Å². The first-order valence-electron chi connectivity index (χ1n) is 13.0. The number of fused-ring (bicyclic) bond motifs is 1. The van der Waals surface area contributed by atoms with E-state index in [0.29, 0.717) is 11.1 Å². The van der Waals surface area contributed by atoms with E-state index in [4.69, 9.17) is 19.6 Å². The Labute approximate surface area is 237 Å². The first kappa shape index (κ1) is 31.0. The quantitative estimate of drug-likeness (QED) is 0.215. The van der Waals surface area contributed by atoms with Crippen LogP contribution < -0.4 is 15.7 Å². The lowest BCUT2D eigenvalue weighted by atomic mass is 9.94. The molecule has 0 saturated carbocycles. The van der Waals surface area contributed by atoms with Crippen LogP contribution in [0.5, 0.6) is 5.75 Å². The Balaban J connectivity index is 2.21. The summed E-state index contributed by atoms with van der Waals surface area (Å²) in [5.41, 5.74) is 4.11. The number of aryl methyl sites for hydroxylation is 1. The van der Waals surface area contributed by atoms with Crippen LogP contribution in [0.15, 0.2) is 27.7 Å². The number of primary amides is 1. The van der Waals surface area contributed by atoms with Crippen LogP contribution in [0, 0.1) is 5.82 Å². The summed E-state index contributed by atoms with van der Waals surface area (Å²) in [6.45, 7) is 12.7. The molecule has 1 aromatic carbocycles. The van der Waals surface area contributed by atoms with Crippen molar-refractivity contribution in [1.29, 1.82) is 0 Å². The van der Waals surface area contributed by atoms with Gasteiger partial charge in [0.2, 0.25) is 11.4 Å². The summed E-state index contributed by atoms with van der Waals surface area (Å²) in [6, 6.07) is 3.87. The van der Waals surface area contributed by atoms with Gasteiger partial charge in [0.1, 0.15) is 5.82 Å². The molecule has 2 aromatic rings. The van der Waals surface area contributed by atoms with Crippen molar-refractivity contribution in [3.63, 3.8) is 0 Å². The van der Waals surface area contributed by atoms with Gasteiger partial charge >= 0.3 is 5.97 Å². The van der Waals surface area contributed by atoms with Crippen molar-refractivity contribution in [2.24, 2.45) is 5.73 Å². The normalized spacial score (nSPS) is 17.1. The maximum absolute atomic E-state index is 13.9. The number of halogens is 2. The van der Waals surface area contributed by atoms with E-state index in [-0.39, 0.29) is 58.8 Å². The van der Waals surface area contributed by atoms with Crippen molar-refractivity contribution in [3.8, 4) is 5.75 Å². The fourth-order valence-corrected chi connectivity index (χ4v) is 11.6. The number of ether oxygens (including phenoxy) is 2. The molecule has 0 aliphatic heterocycles. The maximum Gasteiger partial charge on any atom is 0.362 e. The third-order valence-electron chi connectivity index (χ3n) is 7.69. The number of nitrogens with two attached hydrogens (primary N) is 1. The van der Waals surface area contributed by atoms with E-state index < -0.39 is 37.2 Å². The van der Waals surface area contributed by atoms with Gasteiger partial charge in [-0.3, -0.25) is 14.2 Å². The summed E-state index contributed by atoms with van der Waals surface area (Å²) in [4.78, 5) is 44.8. The fraction of sp³-hybridized carbons (Fsp3) is 0.556. The van der Waals surface area contributed by atoms with Crippen LogP contribution in [0.2, 0.25) is 16.6 Å². The van der Waals surface area contributed by atoms with Crippen molar-refractivity contribution in [2.45, 2.75) is 83.2 Å². The van der Waals surface area contributed by atoms with Crippen molar-refractivity contribution in [3.05, 3.63) is 55.9 Å². The SMILES string of the molecule is COCCn1c(Br)nc(C(=O)OC2(C(N)=O)CCc3cc(F)ccc32)c(O[Si](C(C)C)(C(C)C)C(C)C)c1=O. The van der Waals surface area contributed by atoms with Gasteiger partial charge in [-0.25, -0.2) is 14.2 Å². The Bertz CT molecular complexity index is 1290. The van der Waals surface area contributed by atoms with Crippen molar-refractivity contribution in [2.75, 3.05) is 13.7 Å². The summed E-state index contributed by atoms with van der Waals surface area (Å²) in [5, 5.41) is 0. The van der Waals surface area contributed by atoms with Crippen LogP contribution in [-0.2, 0) is 32.8 Å². The van der Waals surface area contributed by atoms with Crippen LogP contribution in [0.1, 0.15) is 69.6 Å². The standard InChI is InChI=1S/C27H37BrFN3O6Si/c1-15(2)39(16(3)4,17(5)6)38-22-21(31-26(28)32(23(22)33)12-13-36-7)24(34)37-27(25(30)35)11-10-18-14-19(29)8-9-20(18)27/h8-9,14-17H,10-13H2,1-7H3,(H2,30,35). The lowest BCUT2D eigenvalue weighted by Gasteiger charge is -2.42. The van der Waals surface area contributed by atoms with E-state index >= 15 is 0 Å². The van der Waals surface area contributed by atoms with Gasteiger partial charge in [-0.05, 0) is 56.7 Å². The Kier molecular flexibility index (Phi) is 9.44. The van der Waals surface area contributed by atoms with Crippen LogP contribution in [0.3, 0.4) is 0 Å². The molecule has 0 fully saturated rings. The molecule has 3 rings (SSSR count). The molecular weight excluding hydrogens is 589 g/mol. The summed E-state index contributed by atoms with van der Waals surface area (Å²) >= 11 is 3.30. The van der Waals surface area contributed by atoms with Crippen molar-refractivity contribution < 1.29 is 27.9 Å². The zero-order chi connectivity index (χ0) is 29.3. The predicted octanol–water partition coefficient (Wildman–Crippen LogP) is 4.83. The number of nitrogens with zero attached hydrogens (tertiary/aromatic N) is 2. The Morgan fingerprint density at radius 2 is 1.79 bits per heavy atom. The maximum atomic E-state index is 13.9. The topological polar surface area (TPSA) is 123 Å². The average molecular weight is 627 g/mol. The lowest BCUT2D eigenvalue weighted by molar-refractivity contribution is -0.138. The molecule has 0 saturated heterocycles. The summed E-state index contributed by atoms with van der Waals surface area (Å²) in [6.07, 6.45) is 0.324. The highest BCUT2D eigenvalue weighted by Gasteiger charge is 2.51. The van der Waals surface area contributed by atoms with Gasteiger partial charge in [0.15, 0.2) is 10.4 Å². The predicted molar refractivity (Wildman–Crippen MR) is 151 cm³/mol. The van der Waals surface area contributed by atoms with Crippen molar-refractivity contribution >= 4 is 36.1 Å². The van der Waals surface area contributed by atoms with E-state index in [9.17, 15) is 18.8 Å². The van der Waals surface area contributed by atoms with E-state index in [0.717, 1.165) is 0 Å². The second kappa shape index (κ2) is 11.9. The minimum Gasteiger partial charge on any atom is -0.537 e. The number of methoxy groups -OCH3 is 1. The second-order valence-electron chi connectivity index (χ2n) is 10.8. The zero-order valence-corrected chi connectivity index (χ0v) is 26.1. The van der Waals surface area contributed by atoms with Gasteiger partial charge in [0.05, 0.1) is 13.2 Å². The van der Waals surface area contributed by atoms with E-state index in [1.54, 1.807) is 0 Å². The van der Waals surface area contributed by atoms with Gasteiger partial charge in [-0.1, -0.05) is 47.6 Å². The minimum absolute atomic E-state index is 0.0395. The number of hydrogen-bond donors (Lipinski definition) is 1. The molecule has 1 aromatic heterocycles. The molecule has 0 spiro atoms. The van der Waals surface area contributed by atoms with E-state index in [1.165, 1.54) is 29.9 Å². The first-order chi connectivity index (χ1) is 18.2. The van der Waals surface area contributed by atoms with Gasteiger partial charge in [-0.2, -0.15) is 0 Å². The second-order valence-corrected chi connectivity index (χ2v) is 16.9. The highest BCUT2D eigenvalue weighted by atomic mass is 79.9. The molecule has 1 atom stereocenters. The molecule has 0 radical (unpaired) electrons. The smallest absolute Gasteiger partial charge is 0.362 e. The molecule has 1 amide bonds. The third-order valence-corrected chi connectivity index (χ3v) is 14.3. The number of aromatic nitrogens is 2. The highest BCUT2D eigenvalue weighted by Crippen LogP contribution is 2.44. The van der Waals surface area contributed by atoms with E-state index in [2.05, 4.69) is 62.5 Å². The van der Waals surface area contributed by atoms with Gasteiger partial charge in [0, 0.05) is 19.1 Å². The number of benzene rings is 1. The summed E-state index contributed by atoms with van der Waals surface area (Å²) < 4.78 is 32.9. The van der Waals surface area contributed by atoms with E-state index in [1.807, 2.05) is 0 Å². The van der Waals surface area contributed by atoms with Gasteiger partial charge in [-0.15, -0.1) is 0 Å². The Hall–Kier alpha value is -2.57. The average Bonchev–Trinajstić information content (AvgIpc) is 3.20. The molecule has 12 heteroatoms. The number of hydrogen-bond acceptors (Lipinski definition) is 7. The number of esters is 1. The van der Waals surface area contributed by atoms with Gasteiger partial charge < -0.3 is 19.6 Å². The molecule has 0 bridgehead atoms. The largest absolute Gasteiger partial charge is 0.537 e. The van der Waals surface area contributed by atoms with Crippen LogP contribution in [-0.4, -0.2) is 43.5 Å². The molecule has 2 N–H and O–H groups in total. The molecule has 1 unspecified atom stereocenters. The molecule has 9 nitrogen and oxygen atoms in total. The number of carbonyl (C=O) groups excluding carboxylic acids is 2. The monoisotopic (exact) mass is 625 g/mol. The molecule has 1 aliphatic rings. The molecular formula is C27H37BrFN3O6Si. The van der Waals surface area contributed by atoms with Crippen LogP contribution in [0.25, 0.3) is 0 Å². The minimum atomic E-state index is -2.74. The molecule has 39 heavy (non-hydrogen) atoms. The number of carbonyl (C=O) groups is 2. The first-order valence-corrected chi connectivity index (χ1v) is 16.0. The fourth-order valence-electron chi connectivity index (χ4n) is 5.88. The number of amides is 1. The Morgan fingerprint density at radius 1 is 1.18 bits per heavy atom. The summed E-state index contributed by atoms with van der Waals surface area (Å²) in [7, 11) is -1.23. The number of rotatable bonds is 11. The highest BCUT2D eigenvalue weighted by molar-refractivity contribution is 9.10.